The van der Waals surface area contributed by atoms with Crippen LogP contribution in [0.5, 0.6) is 0 Å². The Kier molecular flexibility index (Phi) is 18.7. The molecule has 0 aliphatic rings. The van der Waals surface area contributed by atoms with Crippen molar-refractivity contribution in [3.63, 3.8) is 0 Å². The van der Waals surface area contributed by atoms with Gasteiger partial charge in [0.2, 0.25) is 0 Å². The van der Waals surface area contributed by atoms with Crippen molar-refractivity contribution in [1.82, 2.24) is 15.5 Å². The molecule has 0 atom stereocenters. The lowest BCUT2D eigenvalue weighted by molar-refractivity contribution is 0.283. The molecule has 0 aromatic carbocycles. The Morgan fingerprint density at radius 2 is 1.67 bits per heavy atom. The van der Waals surface area contributed by atoms with Crippen LogP contribution in [0.25, 0.3) is 0 Å². The number of rotatable bonds is 9. The minimum atomic E-state index is 0.746. The van der Waals surface area contributed by atoms with Crippen LogP contribution in [0.4, 0.5) is 0 Å². The second-order valence-corrected chi connectivity index (χ2v) is 3.09. The minimum absolute atomic E-state index is 0.746. The van der Waals surface area contributed by atoms with Gasteiger partial charge in [-0.3, -0.25) is 4.90 Å². The minimum Gasteiger partial charge on any atom is -0.329 e. The standard InChI is InChI=1S/C9H24N4.C2H6/c1-3-12-6-9-13(7-4-10)8-5-11-2;1-2/h11-12H,3-10H2,1-2H3;1-2H3. The van der Waals surface area contributed by atoms with Crippen LogP contribution in [0.2, 0.25) is 0 Å². The molecule has 15 heavy (non-hydrogen) atoms. The molecular weight excluding hydrogens is 188 g/mol. The number of likely N-dealkylation sites (N-methyl/N-ethyl adjacent to an activating group) is 2. The fourth-order valence-corrected chi connectivity index (χ4v) is 1.20. The number of nitrogens with zero attached hydrogens (tertiary/aromatic N) is 1. The van der Waals surface area contributed by atoms with Crippen LogP contribution in [0, 0.1) is 0 Å². The second-order valence-electron chi connectivity index (χ2n) is 3.09. The van der Waals surface area contributed by atoms with Gasteiger partial charge in [0, 0.05) is 39.3 Å². The van der Waals surface area contributed by atoms with Crippen molar-refractivity contribution in [2.45, 2.75) is 20.8 Å². The van der Waals surface area contributed by atoms with Gasteiger partial charge in [-0.05, 0) is 13.6 Å². The van der Waals surface area contributed by atoms with E-state index in [1.54, 1.807) is 0 Å². The number of nitrogens with one attached hydrogen (secondary N) is 2. The molecule has 0 radical (unpaired) electrons. The summed E-state index contributed by atoms with van der Waals surface area (Å²) >= 11 is 0. The Bertz CT molecular complexity index is 98.6. The molecule has 0 saturated carbocycles. The zero-order valence-corrected chi connectivity index (χ0v) is 11.0. The van der Waals surface area contributed by atoms with E-state index in [-0.39, 0.29) is 0 Å². The highest BCUT2D eigenvalue weighted by Crippen LogP contribution is 1.84. The highest BCUT2D eigenvalue weighted by molar-refractivity contribution is 4.60. The van der Waals surface area contributed by atoms with Gasteiger partial charge in [-0.15, -0.1) is 0 Å². The molecule has 0 aromatic rings. The Morgan fingerprint density at radius 1 is 1.07 bits per heavy atom. The summed E-state index contributed by atoms with van der Waals surface area (Å²) in [6, 6.07) is 0. The monoisotopic (exact) mass is 218 g/mol. The molecular formula is C11H30N4. The molecule has 94 valence electrons. The van der Waals surface area contributed by atoms with E-state index in [2.05, 4.69) is 22.5 Å². The molecule has 4 N–H and O–H groups in total. The van der Waals surface area contributed by atoms with E-state index >= 15 is 0 Å². The average molecular weight is 218 g/mol. The van der Waals surface area contributed by atoms with Crippen LogP contribution in [0.3, 0.4) is 0 Å². The van der Waals surface area contributed by atoms with Gasteiger partial charge < -0.3 is 16.4 Å². The molecule has 0 rings (SSSR count). The number of hydrogen-bond donors (Lipinski definition) is 3. The molecule has 0 spiro atoms. The first kappa shape index (κ1) is 17.2. The van der Waals surface area contributed by atoms with Crippen LogP contribution in [-0.4, -0.2) is 57.8 Å². The maximum atomic E-state index is 5.52. The maximum absolute atomic E-state index is 5.52. The molecule has 0 fully saturated rings. The number of nitrogens with two attached hydrogens (primary N) is 1. The first-order chi connectivity index (χ1) is 7.35. The summed E-state index contributed by atoms with van der Waals surface area (Å²) in [5.74, 6) is 0. The van der Waals surface area contributed by atoms with Crippen LogP contribution >= 0.6 is 0 Å². The molecule has 0 aliphatic heterocycles. The Hall–Kier alpha value is -0.160. The van der Waals surface area contributed by atoms with E-state index in [4.69, 9.17) is 5.73 Å². The van der Waals surface area contributed by atoms with E-state index in [0.717, 1.165) is 45.8 Å². The fraction of sp³-hybridized carbons (Fsp3) is 1.00. The van der Waals surface area contributed by atoms with E-state index in [1.165, 1.54) is 0 Å². The van der Waals surface area contributed by atoms with Gasteiger partial charge in [0.15, 0.2) is 0 Å². The molecule has 0 amide bonds. The van der Waals surface area contributed by atoms with Crippen LogP contribution in [0.15, 0.2) is 0 Å². The quantitative estimate of drug-likeness (QED) is 0.481. The average Bonchev–Trinajstić information content (AvgIpc) is 2.29. The molecule has 0 aliphatic carbocycles. The summed E-state index contributed by atoms with van der Waals surface area (Å²) in [4.78, 5) is 2.37. The molecule has 0 unspecified atom stereocenters. The van der Waals surface area contributed by atoms with E-state index in [1.807, 2.05) is 20.9 Å². The van der Waals surface area contributed by atoms with Crippen molar-refractivity contribution < 1.29 is 0 Å². The lowest BCUT2D eigenvalue weighted by Crippen LogP contribution is -2.39. The van der Waals surface area contributed by atoms with Gasteiger partial charge in [-0.2, -0.15) is 0 Å². The van der Waals surface area contributed by atoms with E-state index in [9.17, 15) is 0 Å². The number of hydrogen-bond acceptors (Lipinski definition) is 4. The van der Waals surface area contributed by atoms with Gasteiger partial charge in [0.1, 0.15) is 0 Å². The molecule has 4 nitrogen and oxygen atoms in total. The van der Waals surface area contributed by atoms with Gasteiger partial charge in [0.25, 0.3) is 0 Å². The van der Waals surface area contributed by atoms with Gasteiger partial charge in [0.05, 0.1) is 0 Å². The van der Waals surface area contributed by atoms with Crippen molar-refractivity contribution >= 4 is 0 Å². The van der Waals surface area contributed by atoms with Crippen molar-refractivity contribution in [1.29, 1.82) is 0 Å². The zero-order valence-electron chi connectivity index (χ0n) is 11.0. The third kappa shape index (κ3) is 13.8. The molecule has 0 aromatic heterocycles. The fourth-order valence-electron chi connectivity index (χ4n) is 1.20. The highest BCUT2D eigenvalue weighted by Gasteiger charge is 2.01. The van der Waals surface area contributed by atoms with Crippen LogP contribution in [-0.2, 0) is 0 Å². The predicted molar refractivity (Wildman–Crippen MR) is 69.3 cm³/mol. The maximum Gasteiger partial charge on any atom is 0.0108 e. The lowest BCUT2D eigenvalue weighted by atomic mass is 10.4. The summed E-state index contributed by atoms with van der Waals surface area (Å²) in [6.45, 7) is 13.2. The largest absolute Gasteiger partial charge is 0.329 e. The van der Waals surface area contributed by atoms with Crippen LogP contribution < -0.4 is 16.4 Å². The predicted octanol–water partition coefficient (Wildman–Crippen LogP) is 0.102. The Labute approximate surface area is 95.6 Å². The van der Waals surface area contributed by atoms with Gasteiger partial charge in [-0.1, -0.05) is 20.8 Å². The van der Waals surface area contributed by atoms with Crippen molar-refractivity contribution in [2.24, 2.45) is 5.73 Å². The van der Waals surface area contributed by atoms with E-state index < -0.39 is 0 Å². The zero-order chi connectivity index (χ0) is 11.9. The van der Waals surface area contributed by atoms with Crippen molar-refractivity contribution in [3.05, 3.63) is 0 Å². The summed E-state index contributed by atoms with van der Waals surface area (Å²) in [5, 5.41) is 6.45. The van der Waals surface area contributed by atoms with Gasteiger partial charge in [-0.25, -0.2) is 0 Å². The van der Waals surface area contributed by atoms with Crippen molar-refractivity contribution in [2.75, 3.05) is 52.9 Å². The smallest absolute Gasteiger partial charge is 0.0108 e. The molecule has 0 saturated heterocycles. The third-order valence-corrected chi connectivity index (χ3v) is 1.98. The first-order valence-corrected chi connectivity index (χ1v) is 6.12. The SMILES string of the molecule is CC.CCNCCN(CCN)CCNC. The molecule has 0 bridgehead atoms. The lowest BCUT2D eigenvalue weighted by Gasteiger charge is -2.21. The summed E-state index contributed by atoms with van der Waals surface area (Å²) < 4.78 is 0. The highest BCUT2D eigenvalue weighted by atomic mass is 15.2. The van der Waals surface area contributed by atoms with Gasteiger partial charge >= 0.3 is 0 Å². The van der Waals surface area contributed by atoms with Crippen molar-refractivity contribution in [3.8, 4) is 0 Å². The first-order valence-electron chi connectivity index (χ1n) is 6.12. The Morgan fingerprint density at radius 3 is 2.13 bits per heavy atom. The van der Waals surface area contributed by atoms with E-state index in [0.29, 0.717) is 0 Å². The molecule has 4 heteroatoms. The summed E-state index contributed by atoms with van der Waals surface area (Å²) in [5.41, 5.74) is 5.52. The normalized spacial score (nSPS) is 10.0. The Balaban J connectivity index is 0. The summed E-state index contributed by atoms with van der Waals surface area (Å²) in [6.07, 6.45) is 0. The molecule has 0 heterocycles. The van der Waals surface area contributed by atoms with Crippen LogP contribution in [0.1, 0.15) is 20.8 Å². The summed E-state index contributed by atoms with van der Waals surface area (Å²) in [7, 11) is 1.98. The topological polar surface area (TPSA) is 53.3 Å². The third-order valence-electron chi connectivity index (χ3n) is 1.98. The second kappa shape index (κ2) is 16.3.